The average molecular weight is 296 g/mol. The van der Waals surface area contributed by atoms with E-state index < -0.39 is 11.6 Å². The van der Waals surface area contributed by atoms with Gasteiger partial charge in [0.25, 0.3) is 0 Å². The molecule has 0 unspecified atom stereocenters. The largest absolute Gasteiger partial charge is 0.385 e. The highest BCUT2D eigenvalue weighted by Crippen LogP contribution is 2.42. The number of likely N-dealkylation sites (N-methyl/N-ethyl adjacent to an activating group) is 1. The first-order valence-electron chi connectivity index (χ1n) is 7.08. The molecular weight excluding hydrogens is 274 g/mol. The van der Waals surface area contributed by atoms with Gasteiger partial charge in [0, 0.05) is 5.02 Å². The molecule has 1 aromatic rings. The van der Waals surface area contributed by atoms with E-state index in [9.17, 15) is 9.90 Å². The van der Waals surface area contributed by atoms with Crippen LogP contribution in [0.3, 0.4) is 0 Å². The molecule has 1 fully saturated rings. The van der Waals surface area contributed by atoms with E-state index in [0.29, 0.717) is 23.8 Å². The quantitative estimate of drug-likeness (QED) is 0.901. The molecule has 110 valence electrons. The molecule has 0 saturated heterocycles. The highest BCUT2D eigenvalue weighted by atomic mass is 35.5. The summed E-state index contributed by atoms with van der Waals surface area (Å²) in [6, 6.07) is 7.37. The monoisotopic (exact) mass is 295 g/mol. The van der Waals surface area contributed by atoms with Gasteiger partial charge in [0.1, 0.15) is 11.6 Å². The standard InChI is InChI=1S/C16H22ClNO2/c1-10(2)11-8-14(19)15(20)16(9-11,18-3)12-6-4-5-7-13(12)17/h4-7,10-11,14,18-19H,8-9H2,1-3H3/t11-,14-,16-/m1/s1. The van der Waals surface area contributed by atoms with Crippen molar-refractivity contribution in [3.8, 4) is 0 Å². The van der Waals surface area contributed by atoms with E-state index in [1.54, 1.807) is 13.1 Å². The van der Waals surface area contributed by atoms with Crippen molar-refractivity contribution in [2.75, 3.05) is 7.05 Å². The number of benzene rings is 1. The summed E-state index contributed by atoms with van der Waals surface area (Å²) in [5.74, 6) is 0.518. The summed E-state index contributed by atoms with van der Waals surface area (Å²) in [5, 5.41) is 13.9. The van der Waals surface area contributed by atoms with Gasteiger partial charge < -0.3 is 10.4 Å². The van der Waals surface area contributed by atoms with Crippen LogP contribution in [-0.4, -0.2) is 24.0 Å². The van der Waals surface area contributed by atoms with Crippen LogP contribution in [0.1, 0.15) is 32.3 Å². The maximum Gasteiger partial charge on any atom is 0.185 e. The van der Waals surface area contributed by atoms with Crippen LogP contribution < -0.4 is 5.32 Å². The Kier molecular flexibility index (Phi) is 4.52. The number of halogens is 1. The van der Waals surface area contributed by atoms with E-state index in [1.165, 1.54) is 0 Å². The molecule has 0 amide bonds. The highest BCUT2D eigenvalue weighted by Gasteiger charge is 2.49. The lowest BCUT2D eigenvalue weighted by molar-refractivity contribution is -0.140. The number of aliphatic hydroxyl groups excluding tert-OH is 1. The molecule has 20 heavy (non-hydrogen) atoms. The second kappa shape index (κ2) is 5.84. The summed E-state index contributed by atoms with van der Waals surface area (Å²) in [4.78, 5) is 12.6. The first-order valence-corrected chi connectivity index (χ1v) is 7.46. The van der Waals surface area contributed by atoms with Crippen LogP contribution in [-0.2, 0) is 10.3 Å². The molecule has 1 aliphatic carbocycles. The predicted octanol–water partition coefficient (Wildman–Crippen LogP) is 2.75. The van der Waals surface area contributed by atoms with Crippen LogP contribution in [0.15, 0.2) is 24.3 Å². The van der Waals surface area contributed by atoms with Crippen LogP contribution in [0.2, 0.25) is 5.02 Å². The fourth-order valence-corrected chi connectivity index (χ4v) is 3.47. The summed E-state index contributed by atoms with van der Waals surface area (Å²) in [5.41, 5.74) is -0.121. The number of ketones is 1. The molecule has 0 spiro atoms. The highest BCUT2D eigenvalue weighted by molar-refractivity contribution is 6.31. The van der Waals surface area contributed by atoms with E-state index in [-0.39, 0.29) is 11.7 Å². The van der Waals surface area contributed by atoms with Crippen molar-refractivity contribution in [1.29, 1.82) is 0 Å². The number of rotatable bonds is 3. The fraction of sp³-hybridized carbons (Fsp3) is 0.562. The summed E-state index contributed by atoms with van der Waals surface area (Å²) in [6.45, 7) is 4.25. The zero-order valence-corrected chi connectivity index (χ0v) is 12.9. The Bertz CT molecular complexity index is 503. The number of Topliss-reactive ketones (excluding diaryl/α,β-unsaturated/α-hetero) is 1. The summed E-state index contributed by atoms with van der Waals surface area (Å²) < 4.78 is 0. The molecule has 2 rings (SSSR count). The first-order chi connectivity index (χ1) is 9.42. The van der Waals surface area contributed by atoms with Gasteiger partial charge in [-0.3, -0.25) is 4.79 Å². The lowest BCUT2D eigenvalue weighted by atomic mass is 9.67. The number of aliphatic hydroxyl groups is 1. The number of hydrogen-bond acceptors (Lipinski definition) is 3. The topological polar surface area (TPSA) is 49.3 Å². The Morgan fingerprint density at radius 2 is 2.05 bits per heavy atom. The number of carbonyl (C=O) groups excluding carboxylic acids is 1. The summed E-state index contributed by atoms with van der Waals surface area (Å²) in [7, 11) is 1.76. The molecular formula is C16H22ClNO2. The minimum atomic E-state index is -0.931. The Hall–Kier alpha value is -0.900. The molecule has 0 bridgehead atoms. The number of carbonyl (C=O) groups is 1. The maximum absolute atomic E-state index is 12.6. The molecule has 1 aromatic carbocycles. The summed E-state index contributed by atoms with van der Waals surface area (Å²) >= 11 is 6.29. The average Bonchev–Trinajstić information content (AvgIpc) is 2.42. The van der Waals surface area contributed by atoms with Gasteiger partial charge in [0.2, 0.25) is 0 Å². The van der Waals surface area contributed by atoms with Gasteiger partial charge in [-0.15, -0.1) is 0 Å². The molecule has 1 saturated carbocycles. The molecule has 0 aromatic heterocycles. The van der Waals surface area contributed by atoms with Crippen LogP contribution in [0.5, 0.6) is 0 Å². The minimum Gasteiger partial charge on any atom is -0.385 e. The number of hydrogen-bond donors (Lipinski definition) is 2. The molecule has 0 heterocycles. The Labute approximate surface area is 125 Å². The Morgan fingerprint density at radius 1 is 1.40 bits per heavy atom. The Morgan fingerprint density at radius 3 is 2.60 bits per heavy atom. The molecule has 0 aliphatic heterocycles. The first kappa shape index (κ1) is 15.5. The smallest absolute Gasteiger partial charge is 0.185 e. The lowest BCUT2D eigenvalue weighted by Gasteiger charge is -2.43. The second-order valence-corrected chi connectivity index (χ2v) is 6.37. The van der Waals surface area contributed by atoms with Gasteiger partial charge in [-0.1, -0.05) is 43.6 Å². The van der Waals surface area contributed by atoms with Gasteiger partial charge >= 0.3 is 0 Å². The van der Waals surface area contributed by atoms with Crippen molar-refractivity contribution in [3.63, 3.8) is 0 Å². The van der Waals surface area contributed by atoms with Crippen molar-refractivity contribution in [2.24, 2.45) is 11.8 Å². The predicted molar refractivity (Wildman–Crippen MR) is 80.8 cm³/mol. The minimum absolute atomic E-state index is 0.176. The fourth-order valence-electron chi connectivity index (χ4n) is 3.17. The maximum atomic E-state index is 12.6. The third kappa shape index (κ3) is 2.50. The summed E-state index contributed by atoms with van der Waals surface area (Å²) in [6.07, 6.45) is 0.269. The zero-order valence-electron chi connectivity index (χ0n) is 12.2. The van der Waals surface area contributed by atoms with Gasteiger partial charge in [-0.05, 0) is 43.4 Å². The molecule has 0 radical (unpaired) electrons. The van der Waals surface area contributed by atoms with Gasteiger partial charge in [-0.25, -0.2) is 0 Å². The van der Waals surface area contributed by atoms with Crippen molar-refractivity contribution in [2.45, 2.75) is 38.3 Å². The van der Waals surface area contributed by atoms with E-state index in [0.717, 1.165) is 5.56 Å². The van der Waals surface area contributed by atoms with E-state index in [4.69, 9.17) is 11.6 Å². The molecule has 3 atom stereocenters. The van der Waals surface area contributed by atoms with Crippen molar-refractivity contribution < 1.29 is 9.90 Å². The Balaban J connectivity index is 2.51. The van der Waals surface area contributed by atoms with Crippen LogP contribution in [0, 0.1) is 11.8 Å². The van der Waals surface area contributed by atoms with Crippen LogP contribution >= 0.6 is 11.6 Å². The third-order valence-corrected chi connectivity index (χ3v) is 4.85. The van der Waals surface area contributed by atoms with E-state index in [1.807, 2.05) is 18.2 Å². The second-order valence-electron chi connectivity index (χ2n) is 5.96. The van der Waals surface area contributed by atoms with Crippen LogP contribution in [0.4, 0.5) is 0 Å². The molecule has 4 heteroatoms. The molecule has 3 nitrogen and oxygen atoms in total. The van der Waals surface area contributed by atoms with Gasteiger partial charge in [0.15, 0.2) is 5.78 Å². The van der Waals surface area contributed by atoms with Crippen molar-refractivity contribution in [1.82, 2.24) is 5.32 Å². The number of nitrogens with one attached hydrogen (secondary N) is 1. The van der Waals surface area contributed by atoms with Gasteiger partial charge in [0.05, 0.1) is 0 Å². The lowest BCUT2D eigenvalue weighted by Crippen LogP contribution is -2.57. The zero-order chi connectivity index (χ0) is 14.9. The van der Waals surface area contributed by atoms with Crippen LogP contribution in [0.25, 0.3) is 0 Å². The van der Waals surface area contributed by atoms with Crippen molar-refractivity contribution in [3.05, 3.63) is 34.9 Å². The molecule has 1 aliphatic rings. The normalized spacial score (nSPS) is 30.8. The third-order valence-electron chi connectivity index (χ3n) is 4.52. The van der Waals surface area contributed by atoms with Crippen molar-refractivity contribution >= 4 is 17.4 Å². The SMILES string of the molecule is CN[C@@]1(c2ccccc2Cl)C[C@H](C(C)C)C[C@@H](O)C1=O. The van der Waals surface area contributed by atoms with E-state index >= 15 is 0 Å². The van der Waals surface area contributed by atoms with E-state index in [2.05, 4.69) is 19.2 Å². The van der Waals surface area contributed by atoms with Gasteiger partial charge in [-0.2, -0.15) is 0 Å². The molecule has 2 N–H and O–H groups in total.